The summed E-state index contributed by atoms with van der Waals surface area (Å²) in [5.41, 5.74) is 1.14. The maximum atomic E-state index is 12.4. The van der Waals surface area contributed by atoms with Gasteiger partial charge in [0.2, 0.25) is 0 Å². The highest BCUT2D eigenvalue weighted by atomic mass is 16.2. The Morgan fingerprint density at radius 2 is 1.87 bits per heavy atom. The van der Waals surface area contributed by atoms with Gasteiger partial charge in [0.05, 0.1) is 5.69 Å². The molecule has 0 aliphatic carbocycles. The molecule has 3 rings (SSSR count). The molecule has 1 amide bonds. The van der Waals surface area contributed by atoms with E-state index in [0.717, 1.165) is 31.1 Å². The maximum absolute atomic E-state index is 12.4. The standard InChI is InChI=1S/C17H23N5O/c1-3-19(2)15-7-6-8-18-16(15)20-11-13-22(14-12-20)17(23)21-9-4-5-10-21/h4-10H,3,11-14H2,1-2H3. The van der Waals surface area contributed by atoms with Gasteiger partial charge in [-0.2, -0.15) is 0 Å². The first-order chi connectivity index (χ1) is 11.2. The van der Waals surface area contributed by atoms with Gasteiger partial charge in [-0.25, -0.2) is 9.78 Å². The van der Waals surface area contributed by atoms with Gasteiger partial charge in [-0.05, 0) is 31.2 Å². The van der Waals surface area contributed by atoms with Gasteiger partial charge < -0.3 is 14.7 Å². The van der Waals surface area contributed by atoms with Crippen LogP contribution in [-0.2, 0) is 0 Å². The number of anilines is 2. The summed E-state index contributed by atoms with van der Waals surface area (Å²) >= 11 is 0. The zero-order valence-electron chi connectivity index (χ0n) is 13.7. The molecule has 0 unspecified atom stereocenters. The van der Waals surface area contributed by atoms with Crippen molar-refractivity contribution < 1.29 is 4.79 Å². The first kappa shape index (κ1) is 15.4. The third-order valence-corrected chi connectivity index (χ3v) is 4.33. The fraction of sp³-hybridized carbons (Fsp3) is 0.412. The van der Waals surface area contributed by atoms with Gasteiger partial charge in [-0.3, -0.25) is 4.57 Å². The number of aromatic nitrogens is 2. The first-order valence-electron chi connectivity index (χ1n) is 8.04. The predicted molar refractivity (Wildman–Crippen MR) is 92.2 cm³/mol. The molecule has 1 aliphatic rings. The first-order valence-corrected chi connectivity index (χ1v) is 8.04. The molecule has 0 N–H and O–H groups in total. The van der Waals surface area contributed by atoms with E-state index in [1.165, 1.54) is 0 Å². The van der Waals surface area contributed by atoms with E-state index in [1.54, 1.807) is 17.0 Å². The molecular formula is C17H23N5O. The van der Waals surface area contributed by atoms with Gasteiger partial charge in [0.25, 0.3) is 0 Å². The number of pyridine rings is 1. The molecule has 2 aromatic heterocycles. The van der Waals surface area contributed by atoms with Crippen LogP contribution in [-0.4, -0.2) is 60.3 Å². The van der Waals surface area contributed by atoms with Crippen molar-refractivity contribution in [2.24, 2.45) is 0 Å². The summed E-state index contributed by atoms with van der Waals surface area (Å²) in [4.78, 5) is 23.3. The summed E-state index contributed by atoms with van der Waals surface area (Å²) in [6, 6.07) is 7.85. The molecule has 23 heavy (non-hydrogen) atoms. The van der Waals surface area contributed by atoms with Crippen molar-refractivity contribution in [1.29, 1.82) is 0 Å². The van der Waals surface area contributed by atoms with Gasteiger partial charge in [0.15, 0.2) is 5.82 Å². The van der Waals surface area contributed by atoms with Crippen LogP contribution < -0.4 is 9.80 Å². The molecule has 0 spiro atoms. The van der Waals surface area contributed by atoms with Crippen molar-refractivity contribution in [3.8, 4) is 0 Å². The van der Waals surface area contributed by atoms with E-state index in [2.05, 4.69) is 34.8 Å². The van der Waals surface area contributed by atoms with Crippen LogP contribution in [0, 0.1) is 0 Å². The second-order valence-electron chi connectivity index (χ2n) is 5.71. The number of rotatable bonds is 3. The Labute approximate surface area is 136 Å². The highest BCUT2D eigenvalue weighted by Crippen LogP contribution is 2.26. The summed E-state index contributed by atoms with van der Waals surface area (Å²) in [6.07, 6.45) is 5.42. The molecule has 1 fully saturated rings. The van der Waals surface area contributed by atoms with E-state index in [1.807, 2.05) is 29.3 Å². The molecule has 3 heterocycles. The number of piperazine rings is 1. The Balaban J connectivity index is 1.69. The number of nitrogens with zero attached hydrogens (tertiary/aromatic N) is 5. The summed E-state index contributed by atoms with van der Waals surface area (Å²) in [5, 5.41) is 0. The second kappa shape index (κ2) is 6.73. The van der Waals surface area contributed by atoms with Crippen molar-refractivity contribution in [3.05, 3.63) is 42.9 Å². The molecule has 0 saturated carbocycles. The quantitative estimate of drug-likeness (QED) is 0.871. The third kappa shape index (κ3) is 3.16. The highest BCUT2D eigenvalue weighted by molar-refractivity contribution is 5.77. The van der Waals surface area contributed by atoms with E-state index in [0.29, 0.717) is 13.1 Å². The van der Waals surface area contributed by atoms with E-state index >= 15 is 0 Å². The van der Waals surface area contributed by atoms with Crippen LogP contribution in [0.5, 0.6) is 0 Å². The van der Waals surface area contributed by atoms with E-state index in [4.69, 9.17) is 0 Å². The monoisotopic (exact) mass is 313 g/mol. The van der Waals surface area contributed by atoms with Gasteiger partial charge in [-0.15, -0.1) is 0 Å². The normalized spacial score (nSPS) is 14.9. The number of hydrogen-bond acceptors (Lipinski definition) is 4. The van der Waals surface area contributed by atoms with E-state index < -0.39 is 0 Å². The van der Waals surface area contributed by atoms with Crippen molar-refractivity contribution in [2.45, 2.75) is 6.92 Å². The molecule has 0 aromatic carbocycles. The molecule has 0 radical (unpaired) electrons. The minimum atomic E-state index is 0.0431. The number of hydrogen-bond donors (Lipinski definition) is 0. The average molecular weight is 313 g/mol. The number of carbonyl (C=O) groups is 1. The SMILES string of the molecule is CCN(C)c1cccnc1N1CCN(C(=O)n2cccc2)CC1. The molecular weight excluding hydrogens is 290 g/mol. The lowest BCUT2D eigenvalue weighted by atomic mass is 10.2. The van der Waals surface area contributed by atoms with Crippen LogP contribution >= 0.6 is 0 Å². The molecule has 122 valence electrons. The smallest absolute Gasteiger partial charge is 0.328 e. The summed E-state index contributed by atoms with van der Waals surface area (Å²) < 4.78 is 1.63. The zero-order valence-corrected chi connectivity index (χ0v) is 13.7. The van der Waals surface area contributed by atoms with Gasteiger partial charge >= 0.3 is 6.03 Å². The summed E-state index contributed by atoms with van der Waals surface area (Å²) in [7, 11) is 2.08. The summed E-state index contributed by atoms with van der Waals surface area (Å²) in [5.74, 6) is 1.00. The summed E-state index contributed by atoms with van der Waals surface area (Å²) in [6.45, 7) is 6.09. The molecule has 0 bridgehead atoms. The van der Waals surface area contributed by atoms with Crippen molar-refractivity contribution in [1.82, 2.24) is 14.5 Å². The molecule has 6 nitrogen and oxygen atoms in total. The van der Waals surface area contributed by atoms with E-state index in [9.17, 15) is 4.79 Å². The van der Waals surface area contributed by atoms with Crippen LogP contribution in [0.15, 0.2) is 42.9 Å². The Morgan fingerprint density at radius 1 is 1.17 bits per heavy atom. The molecule has 1 saturated heterocycles. The van der Waals surface area contributed by atoms with Gasteiger partial charge in [-0.1, -0.05) is 0 Å². The topological polar surface area (TPSA) is 44.6 Å². The van der Waals surface area contributed by atoms with Crippen molar-refractivity contribution in [3.63, 3.8) is 0 Å². The van der Waals surface area contributed by atoms with Crippen LogP contribution in [0.1, 0.15) is 6.92 Å². The molecule has 2 aromatic rings. The maximum Gasteiger partial charge on any atom is 0.328 e. The van der Waals surface area contributed by atoms with Gasteiger partial charge in [0.1, 0.15) is 0 Å². The largest absolute Gasteiger partial charge is 0.372 e. The van der Waals surface area contributed by atoms with Crippen LogP contribution in [0.25, 0.3) is 0 Å². The predicted octanol–water partition coefficient (Wildman–Crippen LogP) is 2.13. The second-order valence-corrected chi connectivity index (χ2v) is 5.71. The lowest BCUT2D eigenvalue weighted by molar-refractivity contribution is 0.196. The Bertz CT molecular complexity index is 647. The highest BCUT2D eigenvalue weighted by Gasteiger charge is 2.24. The molecule has 6 heteroatoms. The lowest BCUT2D eigenvalue weighted by Crippen LogP contribution is -2.50. The minimum absolute atomic E-state index is 0.0431. The Hall–Kier alpha value is -2.50. The third-order valence-electron chi connectivity index (χ3n) is 4.33. The van der Waals surface area contributed by atoms with Crippen molar-refractivity contribution in [2.75, 3.05) is 49.6 Å². The number of amides is 1. The lowest BCUT2D eigenvalue weighted by Gasteiger charge is -2.37. The fourth-order valence-corrected chi connectivity index (χ4v) is 2.84. The molecule has 1 aliphatic heterocycles. The molecule has 0 atom stereocenters. The van der Waals surface area contributed by atoms with Crippen LogP contribution in [0.4, 0.5) is 16.3 Å². The minimum Gasteiger partial charge on any atom is -0.372 e. The van der Waals surface area contributed by atoms with E-state index in [-0.39, 0.29) is 6.03 Å². The zero-order chi connectivity index (χ0) is 16.2. The number of carbonyl (C=O) groups excluding carboxylic acids is 1. The fourth-order valence-electron chi connectivity index (χ4n) is 2.84. The average Bonchev–Trinajstić information content (AvgIpc) is 3.15. The Morgan fingerprint density at radius 3 is 2.52 bits per heavy atom. The van der Waals surface area contributed by atoms with Crippen LogP contribution in [0.2, 0.25) is 0 Å². The van der Waals surface area contributed by atoms with Crippen molar-refractivity contribution >= 4 is 17.5 Å². The van der Waals surface area contributed by atoms with Crippen LogP contribution in [0.3, 0.4) is 0 Å². The van der Waals surface area contributed by atoms with Gasteiger partial charge in [0, 0.05) is 58.4 Å². The Kier molecular flexibility index (Phi) is 4.50.